The molecule has 1 aromatic heterocycles. The molecule has 0 aromatic carbocycles. The molecular weight excluding hydrogens is 319 g/mol. The minimum atomic E-state index is -0.387. The van der Waals surface area contributed by atoms with Gasteiger partial charge in [0, 0.05) is 28.5 Å². The Kier molecular flexibility index (Phi) is 2.39. The lowest BCUT2D eigenvalue weighted by Gasteiger charge is -2.31. The highest BCUT2D eigenvalue weighted by Crippen LogP contribution is 2.43. The minimum absolute atomic E-state index is 0.0836. The van der Waals surface area contributed by atoms with Crippen LogP contribution in [0.25, 0.3) is 0 Å². The molecule has 1 saturated heterocycles. The van der Waals surface area contributed by atoms with E-state index in [2.05, 4.69) is 39.0 Å². The zero-order valence-corrected chi connectivity index (χ0v) is 10.8. The van der Waals surface area contributed by atoms with E-state index >= 15 is 0 Å². The lowest BCUT2D eigenvalue weighted by molar-refractivity contribution is -0.124. The summed E-state index contributed by atoms with van der Waals surface area (Å²) in [6, 6.07) is 2.06. The van der Waals surface area contributed by atoms with Gasteiger partial charge in [-0.1, -0.05) is 0 Å². The maximum Gasteiger partial charge on any atom is 0.236 e. The zero-order valence-electron chi connectivity index (χ0n) is 8.62. The van der Waals surface area contributed by atoms with Gasteiger partial charge in [-0.25, -0.2) is 4.98 Å². The maximum atomic E-state index is 12.1. The number of nitrogens with zero attached hydrogens (tertiary/aromatic N) is 1. The van der Waals surface area contributed by atoms with Crippen LogP contribution in [-0.2, 0) is 14.9 Å². The van der Waals surface area contributed by atoms with E-state index in [1.54, 1.807) is 6.20 Å². The number of aromatic nitrogens is 1. The van der Waals surface area contributed by atoms with Crippen LogP contribution < -0.4 is 5.32 Å². The van der Waals surface area contributed by atoms with Crippen molar-refractivity contribution in [1.82, 2.24) is 4.98 Å². The van der Waals surface area contributed by atoms with E-state index < -0.39 is 0 Å². The van der Waals surface area contributed by atoms with Gasteiger partial charge in [0.2, 0.25) is 5.91 Å². The first-order valence-electron chi connectivity index (χ1n) is 5.28. The Hall–Kier alpha value is -0.690. The number of amides is 1. The van der Waals surface area contributed by atoms with E-state index in [0.717, 1.165) is 27.8 Å². The molecule has 0 saturated carbocycles. The second kappa shape index (κ2) is 3.66. The van der Waals surface area contributed by atoms with Gasteiger partial charge in [-0.3, -0.25) is 4.79 Å². The molecule has 4 nitrogen and oxygen atoms in total. The monoisotopic (exact) mass is 330 g/mol. The van der Waals surface area contributed by atoms with Crippen molar-refractivity contribution in [2.45, 2.75) is 18.3 Å². The molecule has 1 fully saturated rings. The fourth-order valence-corrected chi connectivity index (χ4v) is 2.92. The van der Waals surface area contributed by atoms with Gasteiger partial charge in [0.25, 0.3) is 0 Å². The maximum absolute atomic E-state index is 12.1. The quantitative estimate of drug-likeness (QED) is 0.737. The third kappa shape index (κ3) is 1.37. The first-order valence-corrected chi connectivity index (χ1v) is 6.35. The van der Waals surface area contributed by atoms with E-state index in [1.807, 2.05) is 0 Å². The molecule has 2 aliphatic heterocycles. The molecule has 0 aliphatic carbocycles. The number of ether oxygens (including phenoxy) is 1. The second-order valence-electron chi connectivity index (χ2n) is 4.20. The number of hydrogen-bond donors (Lipinski definition) is 1. The molecule has 0 bridgehead atoms. The molecule has 5 heteroatoms. The number of anilines is 1. The third-order valence-electron chi connectivity index (χ3n) is 3.38. The Balaban J connectivity index is 2.13. The van der Waals surface area contributed by atoms with Crippen LogP contribution in [0.5, 0.6) is 0 Å². The van der Waals surface area contributed by atoms with Crippen LogP contribution >= 0.6 is 22.6 Å². The zero-order chi connectivity index (χ0) is 11.2. The average Bonchev–Trinajstić information content (AvgIpc) is 2.55. The molecule has 3 heterocycles. The first-order chi connectivity index (χ1) is 7.72. The molecule has 2 aliphatic rings. The van der Waals surface area contributed by atoms with Crippen molar-refractivity contribution in [1.29, 1.82) is 0 Å². The number of carbonyl (C=O) groups is 1. The highest BCUT2D eigenvalue weighted by molar-refractivity contribution is 14.1. The standard InChI is InChI=1S/C11H11IN2O2/c12-7-5-8-9(13-6-7)14-10(15)11(8)1-3-16-4-2-11/h5-6H,1-4H2,(H,13,14,15). The summed E-state index contributed by atoms with van der Waals surface area (Å²) < 4.78 is 6.42. The Morgan fingerprint density at radius 1 is 1.44 bits per heavy atom. The molecule has 0 unspecified atom stereocenters. The summed E-state index contributed by atoms with van der Waals surface area (Å²) in [6.45, 7) is 1.30. The van der Waals surface area contributed by atoms with Crippen LogP contribution in [0.4, 0.5) is 5.82 Å². The summed E-state index contributed by atoms with van der Waals surface area (Å²) in [5.74, 6) is 0.813. The molecule has 1 amide bonds. The van der Waals surface area contributed by atoms with Gasteiger partial charge >= 0.3 is 0 Å². The van der Waals surface area contributed by atoms with Crippen molar-refractivity contribution in [2.24, 2.45) is 0 Å². The van der Waals surface area contributed by atoms with Crippen LogP contribution in [0, 0.1) is 3.57 Å². The van der Waals surface area contributed by atoms with Crippen molar-refractivity contribution >= 4 is 34.3 Å². The van der Waals surface area contributed by atoms with Crippen LogP contribution in [0.1, 0.15) is 18.4 Å². The predicted molar refractivity (Wildman–Crippen MR) is 67.3 cm³/mol. The molecule has 1 N–H and O–H groups in total. The van der Waals surface area contributed by atoms with Crippen LogP contribution in [0.3, 0.4) is 0 Å². The van der Waals surface area contributed by atoms with Gasteiger partial charge < -0.3 is 10.1 Å². The SMILES string of the molecule is O=C1Nc2ncc(I)cc2C12CCOCC2. The smallest absolute Gasteiger partial charge is 0.236 e. The normalized spacial score (nSPS) is 21.9. The topological polar surface area (TPSA) is 51.2 Å². The molecule has 16 heavy (non-hydrogen) atoms. The molecule has 0 atom stereocenters. The van der Waals surface area contributed by atoms with E-state index in [4.69, 9.17) is 4.74 Å². The molecule has 3 rings (SSSR count). The molecule has 1 aromatic rings. The summed E-state index contributed by atoms with van der Waals surface area (Å²) in [6.07, 6.45) is 3.29. The number of halogens is 1. The Morgan fingerprint density at radius 2 is 2.19 bits per heavy atom. The van der Waals surface area contributed by atoms with Crippen LogP contribution in [0.15, 0.2) is 12.3 Å². The Labute approximate surface area is 107 Å². The lowest BCUT2D eigenvalue weighted by Crippen LogP contribution is -2.40. The number of nitrogens with one attached hydrogen (secondary N) is 1. The third-order valence-corrected chi connectivity index (χ3v) is 3.97. The highest BCUT2D eigenvalue weighted by atomic mass is 127. The fraction of sp³-hybridized carbons (Fsp3) is 0.455. The van der Waals surface area contributed by atoms with Crippen molar-refractivity contribution in [3.63, 3.8) is 0 Å². The van der Waals surface area contributed by atoms with Gasteiger partial charge in [-0.15, -0.1) is 0 Å². The van der Waals surface area contributed by atoms with E-state index in [-0.39, 0.29) is 11.3 Å². The van der Waals surface area contributed by atoms with Crippen molar-refractivity contribution < 1.29 is 9.53 Å². The second-order valence-corrected chi connectivity index (χ2v) is 5.44. The number of rotatable bonds is 0. The van der Waals surface area contributed by atoms with Gasteiger partial charge in [-0.05, 0) is 41.5 Å². The van der Waals surface area contributed by atoms with E-state index in [1.165, 1.54) is 0 Å². The number of pyridine rings is 1. The summed E-state index contributed by atoms with van der Waals surface area (Å²) in [4.78, 5) is 16.4. The Bertz CT molecular complexity index is 455. The van der Waals surface area contributed by atoms with Crippen molar-refractivity contribution in [3.8, 4) is 0 Å². The van der Waals surface area contributed by atoms with Gasteiger partial charge in [0.05, 0.1) is 5.41 Å². The average molecular weight is 330 g/mol. The van der Waals surface area contributed by atoms with Crippen molar-refractivity contribution in [2.75, 3.05) is 18.5 Å². The summed E-state index contributed by atoms with van der Waals surface area (Å²) in [5, 5.41) is 2.88. The van der Waals surface area contributed by atoms with E-state index in [0.29, 0.717) is 13.2 Å². The first kappa shape index (κ1) is 10.5. The number of hydrogen-bond acceptors (Lipinski definition) is 3. The fourth-order valence-electron chi connectivity index (χ4n) is 2.47. The summed E-state index contributed by atoms with van der Waals surface area (Å²) >= 11 is 2.23. The van der Waals surface area contributed by atoms with E-state index in [9.17, 15) is 4.79 Å². The minimum Gasteiger partial charge on any atom is -0.381 e. The summed E-state index contributed by atoms with van der Waals surface area (Å²) in [5.41, 5.74) is 0.662. The lowest BCUT2D eigenvalue weighted by atomic mass is 9.76. The molecule has 84 valence electrons. The predicted octanol–water partition coefficient (Wildman–Crippen LogP) is 1.69. The number of carbonyl (C=O) groups excluding carboxylic acids is 1. The highest BCUT2D eigenvalue weighted by Gasteiger charge is 2.48. The molecule has 1 spiro atoms. The summed E-state index contributed by atoms with van der Waals surface area (Å²) in [7, 11) is 0. The van der Waals surface area contributed by atoms with Crippen LogP contribution in [0.2, 0.25) is 0 Å². The van der Waals surface area contributed by atoms with Crippen LogP contribution in [-0.4, -0.2) is 24.1 Å². The molecular formula is C11H11IN2O2. The van der Waals surface area contributed by atoms with Gasteiger partial charge in [0.15, 0.2) is 0 Å². The Morgan fingerprint density at radius 3 is 2.94 bits per heavy atom. The molecule has 0 radical (unpaired) electrons. The number of fused-ring (bicyclic) bond motifs is 2. The van der Waals surface area contributed by atoms with Gasteiger partial charge in [-0.2, -0.15) is 0 Å². The largest absolute Gasteiger partial charge is 0.381 e. The van der Waals surface area contributed by atoms with Gasteiger partial charge in [0.1, 0.15) is 5.82 Å². The van der Waals surface area contributed by atoms with Crippen molar-refractivity contribution in [3.05, 3.63) is 21.4 Å².